The number of methoxy groups -OCH3 is 1. The number of nitrogens with one attached hydrogen (secondary N) is 1. The van der Waals surface area contributed by atoms with E-state index < -0.39 is 10.0 Å². The predicted octanol–water partition coefficient (Wildman–Crippen LogP) is 3.91. The maximum atomic E-state index is 13.0. The molecule has 3 rings (SSSR count). The minimum absolute atomic E-state index is 0.0827. The molecule has 33 heavy (non-hydrogen) atoms. The molecule has 0 bridgehead atoms. The molecule has 0 atom stereocenters. The highest BCUT2D eigenvalue weighted by Crippen LogP contribution is 2.27. The number of carbonyl (C=O) groups is 1. The van der Waals surface area contributed by atoms with Crippen molar-refractivity contribution in [2.45, 2.75) is 63.5 Å². The van der Waals surface area contributed by atoms with Crippen LogP contribution in [0, 0.1) is 0 Å². The fourth-order valence-electron chi connectivity index (χ4n) is 3.90. The van der Waals surface area contributed by atoms with Crippen LogP contribution in [0.4, 0.5) is 0 Å². The summed E-state index contributed by atoms with van der Waals surface area (Å²) in [6.45, 7) is 5.44. The Bertz CT molecular complexity index is 1050. The van der Waals surface area contributed by atoms with Gasteiger partial charge in [-0.1, -0.05) is 18.6 Å². The number of piperidine rings is 1. The first kappa shape index (κ1) is 25.1. The second-order valence-electron chi connectivity index (χ2n) is 8.53. The molecular weight excluding hydrogens is 440 g/mol. The lowest BCUT2D eigenvalue weighted by atomic mass is 10.1. The first-order chi connectivity index (χ1) is 15.8. The second-order valence-corrected chi connectivity index (χ2v) is 10.5. The number of hydrogen-bond acceptors (Lipinski definition) is 5. The molecular formula is C25H34N2O5S. The molecule has 2 aromatic rings. The Hall–Kier alpha value is -2.58. The van der Waals surface area contributed by atoms with Crippen molar-refractivity contribution in [1.29, 1.82) is 0 Å². The standard InChI is InChI=1S/C25H34N2O5S/c1-19(2)32-22-9-7-8-20(16-22)18-26-25(28)13-10-21-17-23(11-12-24(21)31-3)33(29,30)27-14-5-4-6-15-27/h7-9,11-12,16-17,19H,4-6,10,13-15,18H2,1-3H3,(H,26,28). The third kappa shape index (κ3) is 6.95. The smallest absolute Gasteiger partial charge is 0.243 e. The van der Waals surface area contributed by atoms with Crippen LogP contribution in [0.1, 0.15) is 50.7 Å². The minimum Gasteiger partial charge on any atom is -0.496 e. The molecule has 0 aliphatic carbocycles. The largest absolute Gasteiger partial charge is 0.496 e. The van der Waals surface area contributed by atoms with Crippen LogP contribution in [0.25, 0.3) is 0 Å². The van der Waals surface area contributed by atoms with Crippen molar-refractivity contribution < 1.29 is 22.7 Å². The van der Waals surface area contributed by atoms with Gasteiger partial charge in [-0.2, -0.15) is 4.31 Å². The van der Waals surface area contributed by atoms with Crippen LogP contribution in [0.2, 0.25) is 0 Å². The van der Waals surface area contributed by atoms with Gasteiger partial charge in [0.15, 0.2) is 0 Å². The van der Waals surface area contributed by atoms with Crippen LogP contribution in [-0.4, -0.2) is 44.9 Å². The average Bonchev–Trinajstić information content (AvgIpc) is 2.81. The summed E-state index contributed by atoms with van der Waals surface area (Å²) in [4.78, 5) is 12.7. The lowest BCUT2D eigenvalue weighted by Gasteiger charge is -2.26. The molecule has 8 heteroatoms. The van der Waals surface area contributed by atoms with Gasteiger partial charge in [0.25, 0.3) is 0 Å². The Morgan fingerprint density at radius 3 is 2.55 bits per heavy atom. The molecule has 1 heterocycles. The molecule has 0 spiro atoms. The predicted molar refractivity (Wildman–Crippen MR) is 128 cm³/mol. The van der Waals surface area contributed by atoms with Crippen LogP contribution >= 0.6 is 0 Å². The van der Waals surface area contributed by atoms with E-state index in [2.05, 4.69) is 5.32 Å². The van der Waals surface area contributed by atoms with Gasteiger partial charge in [-0.15, -0.1) is 0 Å². The first-order valence-corrected chi connectivity index (χ1v) is 12.9. The topological polar surface area (TPSA) is 84.9 Å². The highest BCUT2D eigenvalue weighted by atomic mass is 32.2. The van der Waals surface area contributed by atoms with Crippen LogP contribution in [-0.2, 0) is 27.8 Å². The van der Waals surface area contributed by atoms with Crippen LogP contribution in [0.5, 0.6) is 11.5 Å². The molecule has 1 fully saturated rings. The number of hydrogen-bond donors (Lipinski definition) is 1. The van der Waals surface area contributed by atoms with E-state index in [1.165, 1.54) is 0 Å². The lowest BCUT2D eigenvalue weighted by molar-refractivity contribution is -0.121. The highest BCUT2D eigenvalue weighted by molar-refractivity contribution is 7.89. The van der Waals surface area contributed by atoms with E-state index in [-0.39, 0.29) is 23.3 Å². The van der Waals surface area contributed by atoms with Crippen LogP contribution < -0.4 is 14.8 Å². The molecule has 2 aromatic carbocycles. The zero-order chi connectivity index (χ0) is 23.8. The first-order valence-electron chi connectivity index (χ1n) is 11.5. The molecule has 0 saturated carbocycles. The molecule has 180 valence electrons. The Balaban J connectivity index is 1.62. The van der Waals surface area contributed by atoms with Crippen LogP contribution in [0.15, 0.2) is 47.4 Å². The van der Waals surface area contributed by atoms with E-state index in [1.807, 2.05) is 38.1 Å². The Morgan fingerprint density at radius 1 is 1.09 bits per heavy atom. The van der Waals surface area contributed by atoms with E-state index in [1.54, 1.807) is 29.6 Å². The van der Waals surface area contributed by atoms with Crippen molar-refractivity contribution >= 4 is 15.9 Å². The lowest BCUT2D eigenvalue weighted by Crippen LogP contribution is -2.35. The highest BCUT2D eigenvalue weighted by Gasteiger charge is 2.26. The summed E-state index contributed by atoms with van der Waals surface area (Å²) in [5.74, 6) is 1.24. The zero-order valence-corrected chi connectivity index (χ0v) is 20.5. The third-order valence-corrected chi connectivity index (χ3v) is 7.48. The minimum atomic E-state index is -3.54. The van der Waals surface area contributed by atoms with Gasteiger partial charge in [-0.05, 0) is 74.6 Å². The van der Waals surface area contributed by atoms with Gasteiger partial charge < -0.3 is 14.8 Å². The van der Waals surface area contributed by atoms with E-state index in [0.29, 0.717) is 37.4 Å². The summed E-state index contributed by atoms with van der Waals surface area (Å²) >= 11 is 0. The Kier molecular flexibility index (Phi) is 8.74. The summed E-state index contributed by atoms with van der Waals surface area (Å²) < 4.78 is 38.7. The van der Waals surface area contributed by atoms with Crippen molar-refractivity contribution in [1.82, 2.24) is 9.62 Å². The van der Waals surface area contributed by atoms with Crippen molar-refractivity contribution in [2.24, 2.45) is 0 Å². The van der Waals surface area contributed by atoms with Gasteiger partial charge in [-0.3, -0.25) is 4.79 Å². The second kappa shape index (κ2) is 11.5. The number of amides is 1. The maximum absolute atomic E-state index is 13.0. The molecule has 0 unspecified atom stereocenters. The van der Waals surface area contributed by atoms with E-state index in [0.717, 1.165) is 30.6 Å². The van der Waals surface area contributed by atoms with E-state index in [9.17, 15) is 13.2 Å². The van der Waals surface area contributed by atoms with Gasteiger partial charge in [0, 0.05) is 26.1 Å². The molecule has 0 radical (unpaired) electrons. The molecule has 0 aromatic heterocycles. The van der Waals surface area contributed by atoms with E-state index in [4.69, 9.17) is 9.47 Å². The van der Waals surface area contributed by atoms with Gasteiger partial charge in [0.1, 0.15) is 11.5 Å². The number of nitrogens with zero attached hydrogens (tertiary/aromatic N) is 1. The van der Waals surface area contributed by atoms with Crippen LogP contribution in [0.3, 0.4) is 0 Å². The molecule has 1 saturated heterocycles. The number of sulfonamides is 1. The molecule has 1 amide bonds. The summed E-state index contributed by atoms with van der Waals surface area (Å²) in [6.07, 6.45) is 3.52. The molecule has 1 aliphatic rings. The third-order valence-electron chi connectivity index (χ3n) is 5.59. The SMILES string of the molecule is COc1ccc(S(=O)(=O)N2CCCCC2)cc1CCC(=O)NCc1cccc(OC(C)C)c1. The molecule has 7 nitrogen and oxygen atoms in total. The van der Waals surface area contributed by atoms with Gasteiger partial charge in [-0.25, -0.2) is 8.42 Å². The molecule has 1 aliphatic heterocycles. The monoisotopic (exact) mass is 474 g/mol. The Labute approximate surface area is 197 Å². The summed E-state index contributed by atoms with van der Waals surface area (Å²) in [7, 11) is -2.00. The maximum Gasteiger partial charge on any atom is 0.243 e. The van der Waals surface area contributed by atoms with Crippen molar-refractivity contribution in [2.75, 3.05) is 20.2 Å². The average molecular weight is 475 g/mol. The summed E-state index contributed by atoms with van der Waals surface area (Å²) in [5, 5.41) is 2.92. The quantitative estimate of drug-likeness (QED) is 0.564. The Morgan fingerprint density at radius 2 is 1.85 bits per heavy atom. The zero-order valence-electron chi connectivity index (χ0n) is 19.7. The van der Waals surface area contributed by atoms with Gasteiger partial charge in [0.05, 0.1) is 18.1 Å². The van der Waals surface area contributed by atoms with Gasteiger partial charge >= 0.3 is 0 Å². The number of benzene rings is 2. The number of carbonyl (C=O) groups excluding carboxylic acids is 1. The fraction of sp³-hybridized carbons (Fsp3) is 0.480. The van der Waals surface area contributed by atoms with Crippen molar-refractivity contribution in [3.8, 4) is 11.5 Å². The summed E-state index contributed by atoms with van der Waals surface area (Å²) in [6, 6.07) is 12.5. The number of ether oxygens (including phenoxy) is 2. The normalized spacial score (nSPS) is 14.8. The van der Waals surface area contributed by atoms with E-state index >= 15 is 0 Å². The number of rotatable bonds is 10. The van der Waals surface area contributed by atoms with Gasteiger partial charge in [0.2, 0.25) is 15.9 Å². The number of aryl methyl sites for hydroxylation is 1. The summed E-state index contributed by atoms with van der Waals surface area (Å²) in [5.41, 5.74) is 1.66. The van der Waals surface area contributed by atoms with Crippen molar-refractivity contribution in [3.63, 3.8) is 0 Å². The fourth-order valence-corrected chi connectivity index (χ4v) is 5.47. The van der Waals surface area contributed by atoms with Crippen molar-refractivity contribution in [3.05, 3.63) is 53.6 Å². The molecule has 1 N–H and O–H groups in total.